The Morgan fingerprint density at radius 2 is 1.02 bits per heavy atom. The number of benzene rings is 8. The fourth-order valence-corrected chi connectivity index (χ4v) is 9.93. The zero-order chi connectivity index (χ0) is 39.6. The zero-order valence-corrected chi connectivity index (χ0v) is 32.8. The third kappa shape index (κ3) is 5.58. The average Bonchev–Trinajstić information content (AvgIpc) is 3.86. The second-order valence-electron chi connectivity index (χ2n) is 15.9. The van der Waals surface area contributed by atoms with Crippen molar-refractivity contribution in [3.63, 3.8) is 0 Å². The molecule has 0 spiro atoms. The van der Waals surface area contributed by atoms with E-state index in [4.69, 9.17) is 9.47 Å². The fourth-order valence-electron chi connectivity index (χ4n) is 9.93. The summed E-state index contributed by atoms with van der Waals surface area (Å²) in [4.78, 5) is 2.26. The molecule has 284 valence electrons. The normalized spacial score (nSPS) is 18.5. The van der Waals surface area contributed by atoms with Gasteiger partial charge in [-0.05, 0) is 104 Å². The molecule has 1 aliphatic heterocycles. The van der Waals surface area contributed by atoms with Crippen LogP contribution >= 0.6 is 0 Å². The smallest absolute Gasteiger partial charge is 0.194 e. The first-order valence-corrected chi connectivity index (χ1v) is 20.8. The first-order valence-electron chi connectivity index (χ1n) is 20.8. The van der Waals surface area contributed by atoms with Crippen molar-refractivity contribution in [3.05, 3.63) is 241 Å². The molecule has 3 nitrogen and oxygen atoms in total. The van der Waals surface area contributed by atoms with Gasteiger partial charge in [0.05, 0.1) is 5.69 Å². The van der Waals surface area contributed by atoms with Crippen molar-refractivity contribution in [3.8, 4) is 56.4 Å². The number of allylic oxidation sites excluding steroid dienone is 6. The lowest BCUT2D eigenvalue weighted by molar-refractivity contribution is 0.354. The minimum atomic E-state index is 0.0600. The highest BCUT2D eigenvalue weighted by Gasteiger charge is 2.43. The van der Waals surface area contributed by atoms with E-state index in [2.05, 4.69) is 217 Å². The monoisotopic (exact) mass is 769 g/mol. The zero-order valence-electron chi connectivity index (χ0n) is 32.8. The van der Waals surface area contributed by atoms with Crippen LogP contribution in [0, 0.1) is 5.92 Å². The van der Waals surface area contributed by atoms with Crippen LogP contribution in [-0.2, 0) is 0 Å². The Hall–Kier alpha value is -7.62. The molecule has 8 aromatic carbocycles. The molecule has 1 heterocycles. The molecule has 0 saturated carbocycles. The van der Waals surface area contributed by atoms with Crippen LogP contribution in [0.1, 0.15) is 34.1 Å². The third-order valence-corrected chi connectivity index (χ3v) is 12.7. The van der Waals surface area contributed by atoms with Gasteiger partial charge in [-0.2, -0.15) is 0 Å². The lowest BCUT2D eigenvalue weighted by atomic mass is 9.74. The molecule has 8 aromatic rings. The van der Waals surface area contributed by atoms with E-state index in [0.717, 1.165) is 34.1 Å². The minimum Gasteiger partial charge on any atom is -0.449 e. The highest BCUT2D eigenvalue weighted by atomic mass is 16.6. The van der Waals surface area contributed by atoms with Gasteiger partial charge in [-0.3, -0.25) is 0 Å². The quantitative estimate of drug-likeness (QED) is 0.168. The van der Waals surface area contributed by atoms with E-state index in [1.54, 1.807) is 0 Å². The van der Waals surface area contributed by atoms with E-state index in [1.165, 1.54) is 55.6 Å². The van der Waals surface area contributed by atoms with Crippen molar-refractivity contribution in [2.45, 2.75) is 11.8 Å². The van der Waals surface area contributed by atoms with Crippen LogP contribution in [-0.4, -0.2) is 0 Å². The Morgan fingerprint density at radius 1 is 0.417 bits per heavy atom. The van der Waals surface area contributed by atoms with Crippen molar-refractivity contribution in [1.82, 2.24) is 0 Å². The molecule has 0 radical (unpaired) electrons. The van der Waals surface area contributed by atoms with Crippen molar-refractivity contribution >= 4 is 22.6 Å². The van der Waals surface area contributed by atoms with Crippen molar-refractivity contribution in [2.75, 3.05) is 4.90 Å². The van der Waals surface area contributed by atoms with Gasteiger partial charge in [0.1, 0.15) is 0 Å². The summed E-state index contributed by atoms with van der Waals surface area (Å²) in [5, 5.41) is 0. The van der Waals surface area contributed by atoms with E-state index < -0.39 is 0 Å². The van der Waals surface area contributed by atoms with Gasteiger partial charge < -0.3 is 14.4 Å². The first-order chi connectivity index (χ1) is 29.8. The Morgan fingerprint density at radius 3 is 1.78 bits per heavy atom. The summed E-state index contributed by atoms with van der Waals surface area (Å²) < 4.78 is 14.2. The Labute approximate surface area is 350 Å². The molecule has 4 aliphatic rings. The van der Waals surface area contributed by atoms with Crippen LogP contribution in [0.25, 0.3) is 39.0 Å². The number of fused-ring (bicyclic) bond motifs is 10. The Balaban J connectivity index is 0.929. The lowest BCUT2D eigenvalue weighted by Crippen LogP contribution is -2.18. The SMILES string of the molecule is C1=C2/C=C\C=C/C(C3c4ccccc4-c4ccc5c(c43)Oc3cccc(N(c4ccccc4)c4ccc(-c6ccc(-c7ccccc7)cc6)cc4)c3O5)C1c1ccccc12. The summed E-state index contributed by atoms with van der Waals surface area (Å²) in [5.41, 5.74) is 16.7. The largest absolute Gasteiger partial charge is 0.449 e. The van der Waals surface area contributed by atoms with Crippen LogP contribution in [0.3, 0.4) is 0 Å². The highest BCUT2D eigenvalue weighted by Crippen LogP contribution is 2.62. The van der Waals surface area contributed by atoms with Gasteiger partial charge in [0.2, 0.25) is 0 Å². The van der Waals surface area contributed by atoms with Crippen LogP contribution in [0.4, 0.5) is 17.1 Å². The van der Waals surface area contributed by atoms with Crippen LogP contribution in [0.15, 0.2) is 218 Å². The van der Waals surface area contributed by atoms with Gasteiger partial charge >= 0.3 is 0 Å². The molecular formula is C57H39NO2. The van der Waals surface area contributed by atoms with Gasteiger partial charge in [-0.1, -0.05) is 176 Å². The van der Waals surface area contributed by atoms with Crippen LogP contribution < -0.4 is 14.4 Å². The summed E-state index contributed by atoms with van der Waals surface area (Å²) in [6, 6.07) is 66.9. The van der Waals surface area contributed by atoms with Gasteiger partial charge in [-0.25, -0.2) is 0 Å². The number of hydrogen-bond donors (Lipinski definition) is 0. The molecule has 0 N–H and O–H groups in total. The molecule has 0 amide bonds. The number of rotatable bonds is 6. The van der Waals surface area contributed by atoms with Gasteiger partial charge in [0.15, 0.2) is 23.0 Å². The number of hydrogen-bond acceptors (Lipinski definition) is 3. The van der Waals surface area contributed by atoms with Crippen LogP contribution in [0.5, 0.6) is 23.0 Å². The molecular weight excluding hydrogens is 731 g/mol. The summed E-state index contributed by atoms with van der Waals surface area (Å²) in [6.45, 7) is 0. The Bertz CT molecular complexity index is 3030. The molecule has 0 aromatic heterocycles. The van der Waals surface area contributed by atoms with E-state index >= 15 is 0 Å². The molecule has 60 heavy (non-hydrogen) atoms. The summed E-state index contributed by atoms with van der Waals surface area (Å²) in [6.07, 6.45) is 11.5. The van der Waals surface area contributed by atoms with E-state index in [1.807, 2.05) is 6.07 Å². The predicted octanol–water partition coefficient (Wildman–Crippen LogP) is 15.4. The molecule has 12 rings (SSSR count). The maximum atomic E-state index is 7.15. The predicted molar refractivity (Wildman–Crippen MR) is 245 cm³/mol. The van der Waals surface area contributed by atoms with E-state index in [0.29, 0.717) is 11.5 Å². The van der Waals surface area contributed by atoms with Gasteiger partial charge in [0, 0.05) is 28.8 Å². The maximum absolute atomic E-state index is 7.15. The third-order valence-electron chi connectivity index (χ3n) is 12.7. The summed E-state index contributed by atoms with van der Waals surface area (Å²) >= 11 is 0. The highest BCUT2D eigenvalue weighted by molar-refractivity contribution is 5.88. The molecule has 0 saturated heterocycles. The Kier molecular flexibility index (Phi) is 8.05. The van der Waals surface area contributed by atoms with Crippen molar-refractivity contribution in [2.24, 2.45) is 5.92 Å². The van der Waals surface area contributed by atoms with E-state index in [9.17, 15) is 0 Å². The fraction of sp³-hybridized carbons (Fsp3) is 0.0526. The topological polar surface area (TPSA) is 21.7 Å². The summed E-state index contributed by atoms with van der Waals surface area (Å²) in [5.74, 6) is 3.36. The second kappa shape index (κ2) is 14.0. The average molecular weight is 770 g/mol. The van der Waals surface area contributed by atoms with Crippen LogP contribution in [0.2, 0.25) is 0 Å². The second-order valence-corrected chi connectivity index (χ2v) is 15.9. The number of nitrogens with zero attached hydrogens (tertiary/aromatic N) is 1. The first kappa shape index (κ1) is 34.4. The summed E-state index contributed by atoms with van der Waals surface area (Å²) in [7, 11) is 0. The molecule has 3 heteroatoms. The van der Waals surface area contributed by atoms with Crippen molar-refractivity contribution in [1.29, 1.82) is 0 Å². The number of anilines is 3. The molecule has 3 unspecified atom stereocenters. The molecule has 3 atom stereocenters. The standard InChI is InChI=1S/C57H39NO2/c1-3-14-37(15-4-1)38-26-28-39(29-27-38)40-30-32-43(33-31-40)58(42-17-5-2-6-18-42)51-24-13-25-52-56(51)59-53-35-34-49-46-21-11-12-22-47(46)54(55(49)57(53)60-52)48-23-8-7-16-41-36-50(48)45-20-10-9-19-44(41)45/h1-36,48,50,54H/b16-7-,23-8-. The number of para-hydroxylation sites is 2. The van der Waals surface area contributed by atoms with Gasteiger partial charge in [-0.15, -0.1) is 0 Å². The molecule has 3 aliphatic carbocycles. The molecule has 2 bridgehead atoms. The van der Waals surface area contributed by atoms with Gasteiger partial charge in [0.25, 0.3) is 0 Å². The number of ether oxygens (including phenoxy) is 2. The van der Waals surface area contributed by atoms with Crippen molar-refractivity contribution < 1.29 is 9.47 Å². The minimum absolute atomic E-state index is 0.0600. The maximum Gasteiger partial charge on any atom is 0.194 e. The molecule has 0 fully saturated rings. The lowest BCUT2D eigenvalue weighted by Gasteiger charge is -2.33. The van der Waals surface area contributed by atoms with E-state index in [-0.39, 0.29) is 17.8 Å².